The van der Waals surface area contributed by atoms with Crippen LogP contribution in [-0.2, 0) is 19.6 Å². The molecule has 2 aromatic rings. The Morgan fingerprint density at radius 3 is 3.00 bits per heavy atom. The Morgan fingerprint density at radius 1 is 1.33 bits per heavy atom. The minimum absolute atomic E-state index is 0.0428. The maximum atomic E-state index is 9.43. The van der Waals surface area contributed by atoms with E-state index in [0.717, 1.165) is 30.0 Å². The largest absolute Gasteiger partial charge is 0.390 e. The van der Waals surface area contributed by atoms with Crippen LogP contribution in [0.5, 0.6) is 0 Å². The van der Waals surface area contributed by atoms with E-state index in [1.54, 1.807) is 0 Å². The van der Waals surface area contributed by atoms with Crippen molar-refractivity contribution < 1.29 is 5.11 Å². The normalized spacial score (nSPS) is 14.6. The highest BCUT2D eigenvalue weighted by atomic mass is 16.3. The van der Waals surface area contributed by atoms with E-state index in [1.807, 2.05) is 0 Å². The molecule has 1 aromatic heterocycles. The fourth-order valence-corrected chi connectivity index (χ4v) is 2.75. The Kier molecular flexibility index (Phi) is 2.92. The molecule has 94 valence electrons. The van der Waals surface area contributed by atoms with Crippen LogP contribution >= 0.6 is 0 Å². The molecule has 18 heavy (non-hydrogen) atoms. The maximum Gasteiger partial charge on any atom is 0.140 e. The van der Waals surface area contributed by atoms with E-state index >= 15 is 0 Å². The second-order valence-electron chi connectivity index (χ2n) is 4.97. The van der Waals surface area contributed by atoms with E-state index in [2.05, 4.69) is 40.7 Å². The average Bonchev–Trinajstić information content (AvgIpc) is 2.77. The van der Waals surface area contributed by atoms with Gasteiger partial charge in [0.05, 0.1) is 12.3 Å². The fourth-order valence-electron chi connectivity index (χ4n) is 2.75. The Bertz CT molecular complexity index is 572. The van der Waals surface area contributed by atoms with Gasteiger partial charge in [-0.2, -0.15) is 0 Å². The van der Waals surface area contributed by atoms with Crippen molar-refractivity contribution >= 4 is 0 Å². The van der Waals surface area contributed by atoms with Crippen LogP contribution < -0.4 is 0 Å². The number of benzene rings is 1. The summed E-state index contributed by atoms with van der Waals surface area (Å²) in [6.45, 7) is 3.16. The summed E-state index contributed by atoms with van der Waals surface area (Å²) in [5.41, 5.74) is 4.47. The molecule has 3 rings (SSSR count). The molecule has 1 aliphatic rings. The Balaban J connectivity index is 2.14. The number of aryl methyl sites for hydroxylation is 1. The molecule has 0 saturated heterocycles. The number of hydrogen-bond acceptors (Lipinski definition) is 2. The maximum absolute atomic E-state index is 9.43. The van der Waals surface area contributed by atoms with Crippen molar-refractivity contribution in [2.24, 2.45) is 0 Å². The summed E-state index contributed by atoms with van der Waals surface area (Å²) < 4.78 is 2.28. The average molecular weight is 242 g/mol. The van der Waals surface area contributed by atoms with Crippen LogP contribution in [0, 0.1) is 6.92 Å². The lowest BCUT2D eigenvalue weighted by Crippen LogP contribution is -2.12. The van der Waals surface area contributed by atoms with Crippen molar-refractivity contribution in [2.45, 2.75) is 39.3 Å². The molecule has 0 amide bonds. The van der Waals surface area contributed by atoms with Crippen molar-refractivity contribution in [1.29, 1.82) is 0 Å². The third-order valence-electron chi connectivity index (χ3n) is 3.63. The predicted octanol–water partition coefficient (Wildman–Crippen LogP) is 2.69. The fraction of sp³-hybridized carbons (Fsp3) is 0.400. The lowest BCUT2D eigenvalue weighted by Gasteiger charge is -2.17. The van der Waals surface area contributed by atoms with Crippen LogP contribution in [0.1, 0.15) is 29.8 Å². The number of fused-ring (bicyclic) bond motifs is 1. The monoisotopic (exact) mass is 242 g/mol. The zero-order valence-electron chi connectivity index (χ0n) is 10.7. The molecule has 1 aliphatic heterocycles. The summed E-state index contributed by atoms with van der Waals surface area (Å²) in [7, 11) is 0. The van der Waals surface area contributed by atoms with Gasteiger partial charge in [-0.05, 0) is 32.3 Å². The first-order chi connectivity index (χ1) is 8.79. The van der Waals surface area contributed by atoms with E-state index in [4.69, 9.17) is 0 Å². The van der Waals surface area contributed by atoms with Gasteiger partial charge in [0.25, 0.3) is 0 Å². The van der Waals surface area contributed by atoms with Gasteiger partial charge in [-0.25, -0.2) is 4.98 Å². The van der Waals surface area contributed by atoms with E-state index in [-0.39, 0.29) is 6.61 Å². The molecule has 0 atom stereocenters. The van der Waals surface area contributed by atoms with Crippen LogP contribution in [0.2, 0.25) is 0 Å². The van der Waals surface area contributed by atoms with Crippen LogP contribution in [0.25, 0.3) is 11.4 Å². The third-order valence-corrected chi connectivity index (χ3v) is 3.63. The molecule has 1 N–H and O–H groups in total. The number of aliphatic hydroxyl groups is 1. The number of aliphatic hydroxyl groups excluding tert-OH is 1. The lowest BCUT2D eigenvalue weighted by atomic mass is 10.1. The van der Waals surface area contributed by atoms with Crippen molar-refractivity contribution in [1.82, 2.24) is 9.55 Å². The second-order valence-corrected chi connectivity index (χ2v) is 4.97. The van der Waals surface area contributed by atoms with E-state index in [0.29, 0.717) is 0 Å². The van der Waals surface area contributed by atoms with Gasteiger partial charge in [0.1, 0.15) is 5.82 Å². The lowest BCUT2D eigenvalue weighted by molar-refractivity contribution is 0.275. The quantitative estimate of drug-likeness (QED) is 0.879. The standard InChI is InChI=1S/C15H18N2O/c1-11-5-4-6-12(9-11)15-16-13(10-18)14-7-2-3-8-17(14)15/h4-6,9,18H,2-3,7-8,10H2,1H3. The van der Waals surface area contributed by atoms with Crippen molar-refractivity contribution in [3.05, 3.63) is 41.2 Å². The molecule has 3 heteroatoms. The van der Waals surface area contributed by atoms with Crippen LogP contribution in [0.3, 0.4) is 0 Å². The molecule has 1 aromatic carbocycles. The zero-order chi connectivity index (χ0) is 12.5. The molecule has 3 nitrogen and oxygen atoms in total. The topological polar surface area (TPSA) is 38.1 Å². The SMILES string of the molecule is Cc1cccc(-c2nc(CO)c3n2CCCC3)c1. The second kappa shape index (κ2) is 4.58. The number of nitrogens with zero attached hydrogens (tertiary/aromatic N) is 2. The number of aromatic nitrogens is 2. The Morgan fingerprint density at radius 2 is 2.22 bits per heavy atom. The van der Waals surface area contributed by atoms with Crippen molar-refractivity contribution in [2.75, 3.05) is 0 Å². The number of rotatable bonds is 2. The van der Waals surface area contributed by atoms with E-state index < -0.39 is 0 Å². The van der Waals surface area contributed by atoms with Gasteiger partial charge in [0, 0.05) is 17.8 Å². The molecule has 0 radical (unpaired) electrons. The summed E-state index contributed by atoms with van der Waals surface area (Å²) in [4.78, 5) is 4.63. The summed E-state index contributed by atoms with van der Waals surface area (Å²) in [5, 5.41) is 9.43. The van der Waals surface area contributed by atoms with E-state index in [9.17, 15) is 5.11 Å². The highest BCUT2D eigenvalue weighted by Gasteiger charge is 2.20. The molecule has 0 bridgehead atoms. The molecular formula is C15H18N2O. The first-order valence-corrected chi connectivity index (χ1v) is 6.56. The van der Waals surface area contributed by atoms with Gasteiger partial charge in [-0.1, -0.05) is 23.8 Å². The van der Waals surface area contributed by atoms with Crippen LogP contribution in [-0.4, -0.2) is 14.7 Å². The van der Waals surface area contributed by atoms with Crippen molar-refractivity contribution in [3.8, 4) is 11.4 Å². The van der Waals surface area contributed by atoms with Gasteiger partial charge in [-0.15, -0.1) is 0 Å². The predicted molar refractivity (Wildman–Crippen MR) is 71.3 cm³/mol. The molecule has 0 fully saturated rings. The summed E-state index contributed by atoms with van der Waals surface area (Å²) >= 11 is 0. The van der Waals surface area contributed by atoms with Gasteiger partial charge in [-0.3, -0.25) is 0 Å². The number of hydrogen-bond donors (Lipinski definition) is 1. The van der Waals surface area contributed by atoms with Gasteiger partial charge in [0.2, 0.25) is 0 Å². The molecule has 0 saturated carbocycles. The first-order valence-electron chi connectivity index (χ1n) is 6.56. The van der Waals surface area contributed by atoms with Crippen molar-refractivity contribution in [3.63, 3.8) is 0 Å². The highest BCUT2D eigenvalue weighted by molar-refractivity contribution is 5.58. The molecule has 0 aliphatic carbocycles. The summed E-state index contributed by atoms with van der Waals surface area (Å²) in [6.07, 6.45) is 3.44. The minimum atomic E-state index is 0.0428. The summed E-state index contributed by atoms with van der Waals surface area (Å²) in [5.74, 6) is 1.01. The van der Waals surface area contributed by atoms with Gasteiger partial charge < -0.3 is 9.67 Å². The first kappa shape index (κ1) is 11.5. The van der Waals surface area contributed by atoms with Gasteiger partial charge in [0.15, 0.2) is 0 Å². The molecule has 2 heterocycles. The minimum Gasteiger partial charge on any atom is -0.390 e. The van der Waals surface area contributed by atoms with E-state index in [1.165, 1.54) is 24.1 Å². The Hall–Kier alpha value is -1.61. The highest BCUT2D eigenvalue weighted by Crippen LogP contribution is 2.27. The molecule has 0 unspecified atom stereocenters. The van der Waals surface area contributed by atoms with Crippen LogP contribution in [0.15, 0.2) is 24.3 Å². The van der Waals surface area contributed by atoms with Gasteiger partial charge >= 0.3 is 0 Å². The molecular weight excluding hydrogens is 224 g/mol. The Labute approximate surface area is 107 Å². The molecule has 0 spiro atoms. The summed E-state index contributed by atoms with van der Waals surface area (Å²) in [6, 6.07) is 8.41. The third kappa shape index (κ3) is 1.85. The number of imidazole rings is 1. The van der Waals surface area contributed by atoms with Crippen LogP contribution in [0.4, 0.5) is 0 Å². The smallest absolute Gasteiger partial charge is 0.140 e. The zero-order valence-corrected chi connectivity index (χ0v) is 10.7.